The molecule has 3 aromatic rings. The van der Waals surface area contributed by atoms with Crippen LogP contribution < -0.4 is 4.74 Å². The summed E-state index contributed by atoms with van der Waals surface area (Å²) in [5, 5.41) is 0. The molecule has 1 fully saturated rings. The Labute approximate surface area is 203 Å². The highest BCUT2D eigenvalue weighted by atomic mass is 16.5. The number of para-hydroxylation sites is 2. The number of imidazole rings is 1. The van der Waals surface area contributed by atoms with E-state index in [2.05, 4.69) is 65.5 Å². The molecule has 0 spiro atoms. The van der Waals surface area contributed by atoms with E-state index in [0.29, 0.717) is 5.91 Å². The lowest BCUT2D eigenvalue weighted by Gasteiger charge is -2.35. The van der Waals surface area contributed by atoms with Crippen molar-refractivity contribution in [1.82, 2.24) is 19.4 Å². The molecular weight excluding hydrogens is 424 g/mol. The first kappa shape index (κ1) is 24.3. The van der Waals surface area contributed by atoms with Gasteiger partial charge in [0.05, 0.1) is 24.7 Å². The third kappa shape index (κ3) is 5.44. The van der Waals surface area contributed by atoms with Gasteiger partial charge in [-0.15, -0.1) is 0 Å². The minimum atomic E-state index is 0.142. The van der Waals surface area contributed by atoms with Crippen molar-refractivity contribution in [3.05, 3.63) is 59.9 Å². The standard InChI is InChI=1S/C28H38N4O2/c1-5-16-31(21(2)3)28(33)23-14-17-30(18-15-23)20-27-29-25-8-6-7-9-26(25)32(27)19-22-10-12-24(34-4)13-11-22/h6-13,21,23H,5,14-20H2,1-4H3. The Morgan fingerprint density at radius 3 is 2.44 bits per heavy atom. The number of carbonyl (C=O) groups excluding carboxylic acids is 1. The summed E-state index contributed by atoms with van der Waals surface area (Å²) in [6.07, 6.45) is 2.85. The molecule has 6 nitrogen and oxygen atoms in total. The number of ether oxygens (including phenoxy) is 1. The third-order valence-electron chi connectivity index (χ3n) is 6.91. The number of nitrogens with zero attached hydrogens (tertiary/aromatic N) is 4. The van der Waals surface area contributed by atoms with Gasteiger partial charge in [-0.1, -0.05) is 31.2 Å². The number of fused-ring (bicyclic) bond motifs is 1. The average molecular weight is 463 g/mol. The van der Waals surface area contributed by atoms with Crippen molar-refractivity contribution in [2.45, 2.75) is 59.2 Å². The van der Waals surface area contributed by atoms with Crippen molar-refractivity contribution in [2.75, 3.05) is 26.7 Å². The molecule has 34 heavy (non-hydrogen) atoms. The molecule has 2 heterocycles. The van der Waals surface area contributed by atoms with E-state index in [4.69, 9.17) is 9.72 Å². The maximum Gasteiger partial charge on any atom is 0.226 e. The van der Waals surface area contributed by atoms with Gasteiger partial charge in [0.25, 0.3) is 0 Å². The molecule has 0 N–H and O–H groups in total. The maximum atomic E-state index is 13.1. The molecule has 0 aliphatic carbocycles. The zero-order valence-electron chi connectivity index (χ0n) is 21.0. The molecule has 1 saturated heterocycles. The van der Waals surface area contributed by atoms with E-state index in [1.807, 2.05) is 18.2 Å². The average Bonchev–Trinajstić information content (AvgIpc) is 3.19. The van der Waals surface area contributed by atoms with Crippen LogP contribution in [0.1, 0.15) is 51.4 Å². The van der Waals surface area contributed by atoms with Crippen LogP contribution in [-0.2, 0) is 17.9 Å². The Hall–Kier alpha value is -2.86. The lowest BCUT2D eigenvalue weighted by atomic mass is 9.94. The van der Waals surface area contributed by atoms with Crippen molar-refractivity contribution >= 4 is 16.9 Å². The summed E-state index contributed by atoms with van der Waals surface area (Å²) in [6.45, 7) is 10.7. The van der Waals surface area contributed by atoms with Gasteiger partial charge in [0.2, 0.25) is 5.91 Å². The summed E-state index contributed by atoms with van der Waals surface area (Å²) < 4.78 is 7.64. The van der Waals surface area contributed by atoms with Gasteiger partial charge in [0.1, 0.15) is 11.6 Å². The number of aromatic nitrogens is 2. The first-order valence-electron chi connectivity index (χ1n) is 12.6. The number of benzene rings is 2. The number of piperidine rings is 1. The predicted octanol–water partition coefficient (Wildman–Crippen LogP) is 4.95. The molecule has 0 atom stereocenters. The van der Waals surface area contributed by atoms with Gasteiger partial charge in [0, 0.05) is 25.0 Å². The fourth-order valence-electron chi connectivity index (χ4n) is 4.97. The van der Waals surface area contributed by atoms with Gasteiger partial charge < -0.3 is 14.2 Å². The van der Waals surface area contributed by atoms with Gasteiger partial charge >= 0.3 is 0 Å². The molecule has 1 amide bonds. The van der Waals surface area contributed by atoms with Gasteiger partial charge in [0.15, 0.2) is 0 Å². The SMILES string of the molecule is CCCN(C(=O)C1CCN(Cc2nc3ccccc3n2Cc2ccc(OC)cc2)CC1)C(C)C. The van der Waals surface area contributed by atoms with Crippen molar-refractivity contribution in [2.24, 2.45) is 5.92 Å². The van der Waals surface area contributed by atoms with Crippen LogP contribution in [0, 0.1) is 5.92 Å². The summed E-state index contributed by atoms with van der Waals surface area (Å²) in [5.41, 5.74) is 3.41. The molecule has 1 aliphatic heterocycles. The Kier molecular flexibility index (Phi) is 7.88. The Morgan fingerprint density at radius 2 is 1.79 bits per heavy atom. The van der Waals surface area contributed by atoms with Crippen molar-refractivity contribution < 1.29 is 9.53 Å². The van der Waals surface area contributed by atoms with Crippen LogP contribution in [0.25, 0.3) is 11.0 Å². The minimum absolute atomic E-state index is 0.142. The number of hydrogen-bond donors (Lipinski definition) is 0. The summed E-state index contributed by atoms with van der Waals surface area (Å²) in [5.74, 6) is 2.43. The lowest BCUT2D eigenvalue weighted by molar-refractivity contribution is -0.138. The second-order valence-corrected chi connectivity index (χ2v) is 9.63. The summed E-state index contributed by atoms with van der Waals surface area (Å²) >= 11 is 0. The molecule has 0 radical (unpaired) electrons. The van der Waals surface area contributed by atoms with Crippen LogP contribution >= 0.6 is 0 Å². The zero-order chi connectivity index (χ0) is 24.1. The summed E-state index contributed by atoms with van der Waals surface area (Å²) in [6, 6.07) is 16.9. The first-order chi connectivity index (χ1) is 16.5. The number of methoxy groups -OCH3 is 1. The van der Waals surface area contributed by atoms with Crippen molar-refractivity contribution in [1.29, 1.82) is 0 Å². The smallest absolute Gasteiger partial charge is 0.226 e. The third-order valence-corrected chi connectivity index (χ3v) is 6.91. The number of hydrogen-bond acceptors (Lipinski definition) is 4. The summed E-state index contributed by atoms with van der Waals surface area (Å²) in [7, 11) is 1.69. The van der Waals surface area contributed by atoms with Crippen LogP contribution in [-0.4, -0.2) is 58.0 Å². The van der Waals surface area contributed by atoms with Crippen LogP contribution in [0.3, 0.4) is 0 Å². The van der Waals surface area contributed by atoms with Gasteiger partial charge in [-0.2, -0.15) is 0 Å². The number of amides is 1. The number of likely N-dealkylation sites (tertiary alicyclic amines) is 1. The quantitative estimate of drug-likeness (QED) is 0.451. The second kappa shape index (κ2) is 11.0. The van der Waals surface area contributed by atoms with Crippen LogP contribution in [0.5, 0.6) is 5.75 Å². The van der Waals surface area contributed by atoms with Crippen LogP contribution in [0.4, 0.5) is 0 Å². The van der Waals surface area contributed by atoms with Crippen molar-refractivity contribution in [3.63, 3.8) is 0 Å². The zero-order valence-corrected chi connectivity index (χ0v) is 21.0. The molecule has 182 valence electrons. The molecule has 4 rings (SSSR count). The van der Waals surface area contributed by atoms with Crippen LogP contribution in [0.2, 0.25) is 0 Å². The minimum Gasteiger partial charge on any atom is -0.497 e. The molecule has 2 aromatic carbocycles. The van der Waals surface area contributed by atoms with Gasteiger partial charge in [-0.05, 0) is 76.0 Å². The highest BCUT2D eigenvalue weighted by Crippen LogP contribution is 2.25. The molecule has 0 bridgehead atoms. The van der Waals surface area contributed by atoms with E-state index in [9.17, 15) is 4.79 Å². The fourth-order valence-corrected chi connectivity index (χ4v) is 4.97. The topological polar surface area (TPSA) is 50.6 Å². The normalized spacial score (nSPS) is 15.2. The van der Waals surface area contributed by atoms with E-state index in [1.165, 1.54) is 5.56 Å². The Morgan fingerprint density at radius 1 is 1.09 bits per heavy atom. The highest BCUT2D eigenvalue weighted by molar-refractivity contribution is 5.79. The van der Waals surface area contributed by atoms with E-state index in [-0.39, 0.29) is 12.0 Å². The number of rotatable bonds is 9. The molecule has 1 aromatic heterocycles. The largest absolute Gasteiger partial charge is 0.497 e. The Balaban J connectivity index is 1.46. The predicted molar refractivity (Wildman–Crippen MR) is 137 cm³/mol. The summed E-state index contributed by atoms with van der Waals surface area (Å²) in [4.78, 5) is 22.6. The van der Waals surface area contributed by atoms with E-state index < -0.39 is 0 Å². The first-order valence-corrected chi connectivity index (χ1v) is 12.6. The molecule has 1 aliphatic rings. The highest BCUT2D eigenvalue weighted by Gasteiger charge is 2.30. The molecule has 0 unspecified atom stereocenters. The second-order valence-electron chi connectivity index (χ2n) is 9.63. The van der Waals surface area contributed by atoms with Gasteiger partial charge in [-0.25, -0.2) is 4.98 Å². The maximum absolute atomic E-state index is 13.1. The van der Waals surface area contributed by atoms with E-state index in [1.54, 1.807) is 7.11 Å². The molecule has 0 saturated carbocycles. The van der Waals surface area contributed by atoms with Crippen LogP contribution in [0.15, 0.2) is 48.5 Å². The number of carbonyl (C=O) groups is 1. The lowest BCUT2D eigenvalue weighted by Crippen LogP contribution is -2.45. The van der Waals surface area contributed by atoms with E-state index in [0.717, 1.165) is 74.6 Å². The van der Waals surface area contributed by atoms with Crippen molar-refractivity contribution in [3.8, 4) is 5.75 Å². The molecule has 6 heteroatoms. The van der Waals surface area contributed by atoms with E-state index >= 15 is 0 Å². The molecular formula is C28H38N4O2. The Bertz CT molecular complexity index is 1080. The monoisotopic (exact) mass is 462 g/mol. The van der Waals surface area contributed by atoms with Gasteiger partial charge in [-0.3, -0.25) is 9.69 Å². The fraction of sp³-hybridized carbons (Fsp3) is 0.500.